The Hall–Kier alpha value is -2.33. The number of hydrogen-bond donors (Lipinski definition) is 2. The SMILES string of the molecule is CC(C)C(=O)Nc1nc(N(C)C)c2ncn([C@@H]3O[C@H](CO)[C@@H](C)[C@H]3F)c2n1. The maximum atomic E-state index is 14.8. The van der Waals surface area contributed by atoms with Gasteiger partial charge in [-0.25, -0.2) is 9.37 Å². The summed E-state index contributed by atoms with van der Waals surface area (Å²) >= 11 is 0. The molecule has 148 valence electrons. The molecule has 1 fully saturated rings. The molecule has 3 rings (SSSR count). The zero-order chi connectivity index (χ0) is 19.9. The predicted octanol–water partition coefficient (Wildman–Crippen LogP) is 1.35. The number of aliphatic hydroxyl groups is 1. The highest BCUT2D eigenvalue weighted by molar-refractivity contribution is 5.92. The molecule has 2 aromatic heterocycles. The fourth-order valence-corrected chi connectivity index (χ4v) is 2.98. The van der Waals surface area contributed by atoms with Gasteiger partial charge in [-0.3, -0.25) is 14.7 Å². The fraction of sp³-hybridized carbons (Fsp3) is 0.647. The van der Waals surface area contributed by atoms with E-state index in [1.165, 1.54) is 10.9 Å². The minimum atomic E-state index is -1.33. The first-order valence-corrected chi connectivity index (χ1v) is 8.87. The maximum Gasteiger partial charge on any atom is 0.233 e. The number of nitrogens with one attached hydrogen (secondary N) is 1. The number of halogens is 1. The number of rotatable bonds is 5. The Balaban J connectivity index is 2.07. The number of aliphatic hydroxyl groups excluding tert-OH is 1. The average molecular weight is 380 g/mol. The van der Waals surface area contributed by atoms with Gasteiger partial charge in [0.25, 0.3) is 0 Å². The summed E-state index contributed by atoms with van der Waals surface area (Å²) in [5, 5.41) is 12.1. The van der Waals surface area contributed by atoms with Crippen LogP contribution in [0.1, 0.15) is 27.0 Å². The quantitative estimate of drug-likeness (QED) is 0.807. The summed E-state index contributed by atoms with van der Waals surface area (Å²) in [6, 6.07) is 0. The van der Waals surface area contributed by atoms with Crippen molar-refractivity contribution in [3.8, 4) is 0 Å². The van der Waals surface area contributed by atoms with Gasteiger partial charge < -0.3 is 14.7 Å². The molecular formula is C17H25FN6O3. The first kappa shape index (κ1) is 19.4. The Morgan fingerprint density at radius 3 is 2.70 bits per heavy atom. The molecule has 2 aromatic rings. The topological polar surface area (TPSA) is 105 Å². The van der Waals surface area contributed by atoms with Gasteiger partial charge in [0, 0.05) is 25.9 Å². The van der Waals surface area contributed by atoms with Crippen molar-refractivity contribution >= 4 is 28.8 Å². The van der Waals surface area contributed by atoms with Crippen LogP contribution in [0.3, 0.4) is 0 Å². The van der Waals surface area contributed by atoms with Crippen LogP contribution in [0.15, 0.2) is 6.33 Å². The molecule has 1 aliphatic heterocycles. The van der Waals surface area contributed by atoms with Gasteiger partial charge in [-0.2, -0.15) is 9.97 Å². The molecular weight excluding hydrogens is 355 g/mol. The minimum Gasteiger partial charge on any atom is -0.394 e. The number of aromatic nitrogens is 4. The molecule has 0 bridgehead atoms. The van der Waals surface area contributed by atoms with Gasteiger partial charge in [-0.1, -0.05) is 20.8 Å². The number of hydrogen-bond acceptors (Lipinski definition) is 7. The van der Waals surface area contributed by atoms with Gasteiger partial charge in [0.1, 0.15) is 0 Å². The van der Waals surface area contributed by atoms with Crippen LogP contribution in [0, 0.1) is 11.8 Å². The zero-order valence-electron chi connectivity index (χ0n) is 16.0. The van der Waals surface area contributed by atoms with Crippen molar-refractivity contribution in [3.63, 3.8) is 0 Å². The highest BCUT2D eigenvalue weighted by atomic mass is 19.1. The van der Waals surface area contributed by atoms with Crippen molar-refractivity contribution in [3.05, 3.63) is 6.33 Å². The molecule has 9 nitrogen and oxygen atoms in total. The van der Waals surface area contributed by atoms with Gasteiger partial charge >= 0.3 is 0 Å². The smallest absolute Gasteiger partial charge is 0.233 e. The van der Waals surface area contributed by atoms with E-state index >= 15 is 0 Å². The molecule has 27 heavy (non-hydrogen) atoms. The summed E-state index contributed by atoms with van der Waals surface area (Å²) < 4.78 is 22.0. The van der Waals surface area contributed by atoms with Crippen molar-refractivity contribution in [2.75, 3.05) is 30.9 Å². The number of nitrogens with zero attached hydrogens (tertiary/aromatic N) is 5. The lowest BCUT2D eigenvalue weighted by Gasteiger charge is -2.17. The molecule has 1 saturated heterocycles. The van der Waals surface area contributed by atoms with E-state index in [9.17, 15) is 14.3 Å². The number of imidazole rings is 1. The third-order valence-corrected chi connectivity index (χ3v) is 4.72. The van der Waals surface area contributed by atoms with E-state index in [2.05, 4.69) is 20.3 Å². The van der Waals surface area contributed by atoms with Crippen molar-refractivity contribution in [2.45, 2.75) is 39.3 Å². The summed E-state index contributed by atoms with van der Waals surface area (Å²) in [5.74, 6) is -0.311. The van der Waals surface area contributed by atoms with Crippen LogP contribution in [0.25, 0.3) is 11.2 Å². The van der Waals surface area contributed by atoms with E-state index in [4.69, 9.17) is 4.74 Å². The normalized spacial score (nSPS) is 25.3. The summed E-state index contributed by atoms with van der Waals surface area (Å²) in [6.45, 7) is 4.96. The largest absolute Gasteiger partial charge is 0.394 e. The molecule has 2 N–H and O–H groups in total. The Morgan fingerprint density at radius 1 is 1.44 bits per heavy atom. The monoisotopic (exact) mass is 380 g/mol. The van der Waals surface area contributed by atoms with Crippen LogP contribution in [0.5, 0.6) is 0 Å². The second-order valence-corrected chi connectivity index (χ2v) is 7.28. The lowest BCUT2D eigenvalue weighted by atomic mass is 10.0. The number of carbonyl (C=O) groups excluding carboxylic acids is 1. The maximum absolute atomic E-state index is 14.8. The van der Waals surface area contributed by atoms with Gasteiger partial charge in [0.15, 0.2) is 29.4 Å². The lowest BCUT2D eigenvalue weighted by molar-refractivity contribution is -0.118. The van der Waals surface area contributed by atoms with Crippen LogP contribution in [0.2, 0.25) is 0 Å². The van der Waals surface area contributed by atoms with E-state index in [1.54, 1.807) is 39.8 Å². The average Bonchev–Trinajstić information content (AvgIpc) is 3.15. The van der Waals surface area contributed by atoms with Gasteiger partial charge in [-0.15, -0.1) is 0 Å². The fourth-order valence-electron chi connectivity index (χ4n) is 2.98. The number of fused-ring (bicyclic) bond motifs is 1. The Labute approximate surface area is 156 Å². The van der Waals surface area contributed by atoms with E-state index in [-0.39, 0.29) is 24.4 Å². The third kappa shape index (κ3) is 3.46. The second kappa shape index (κ2) is 7.35. The standard InChI is InChI=1S/C17H25FN6O3/c1-8(2)15(26)22-17-20-13(23(4)5)12-14(21-17)24(7-19-12)16-11(18)9(3)10(6-25)27-16/h7-11,16,25H,6H2,1-5H3,(H,20,21,22,26)/t9-,10-,11-,16-/m1/s1. The molecule has 0 aromatic carbocycles. The molecule has 10 heteroatoms. The Kier molecular flexibility index (Phi) is 5.29. The molecule has 0 spiro atoms. The summed E-state index contributed by atoms with van der Waals surface area (Å²) in [5.41, 5.74) is 0.824. The van der Waals surface area contributed by atoms with Crippen LogP contribution in [0.4, 0.5) is 16.2 Å². The molecule has 3 heterocycles. The Bertz CT molecular complexity index is 839. The van der Waals surface area contributed by atoms with Crippen LogP contribution in [-0.4, -0.2) is 63.5 Å². The summed E-state index contributed by atoms with van der Waals surface area (Å²) in [4.78, 5) is 26.9. The molecule has 0 saturated carbocycles. The summed E-state index contributed by atoms with van der Waals surface area (Å²) in [7, 11) is 3.59. The van der Waals surface area contributed by atoms with Crippen LogP contribution in [-0.2, 0) is 9.53 Å². The van der Waals surface area contributed by atoms with Crippen molar-refractivity contribution in [1.29, 1.82) is 0 Å². The molecule has 0 radical (unpaired) electrons. The zero-order valence-corrected chi connectivity index (χ0v) is 16.0. The van der Waals surface area contributed by atoms with Gasteiger partial charge in [0.2, 0.25) is 11.9 Å². The molecule has 4 atom stereocenters. The first-order valence-electron chi connectivity index (χ1n) is 8.87. The molecule has 0 aliphatic carbocycles. The second-order valence-electron chi connectivity index (χ2n) is 7.28. The third-order valence-electron chi connectivity index (χ3n) is 4.72. The highest BCUT2D eigenvalue weighted by Crippen LogP contribution is 2.38. The van der Waals surface area contributed by atoms with Crippen molar-refractivity contribution in [1.82, 2.24) is 19.5 Å². The van der Waals surface area contributed by atoms with Gasteiger partial charge in [0.05, 0.1) is 19.0 Å². The van der Waals surface area contributed by atoms with Crippen LogP contribution >= 0.6 is 0 Å². The first-order chi connectivity index (χ1) is 12.7. The number of carbonyl (C=O) groups is 1. The number of alkyl halides is 1. The number of ether oxygens (including phenoxy) is 1. The number of amides is 1. The molecule has 1 aliphatic rings. The van der Waals surface area contributed by atoms with E-state index in [0.717, 1.165) is 0 Å². The summed E-state index contributed by atoms with van der Waals surface area (Å²) in [6.07, 6.45) is -1.44. The van der Waals surface area contributed by atoms with E-state index in [0.29, 0.717) is 17.0 Å². The van der Waals surface area contributed by atoms with E-state index < -0.39 is 24.4 Å². The van der Waals surface area contributed by atoms with Crippen molar-refractivity contribution < 1.29 is 19.0 Å². The Morgan fingerprint density at radius 2 is 2.15 bits per heavy atom. The minimum absolute atomic E-state index is 0.117. The molecule has 1 amide bonds. The predicted molar refractivity (Wildman–Crippen MR) is 98.2 cm³/mol. The van der Waals surface area contributed by atoms with E-state index in [1.807, 2.05) is 0 Å². The molecule has 0 unspecified atom stereocenters. The lowest BCUT2D eigenvalue weighted by Crippen LogP contribution is -2.22. The van der Waals surface area contributed by atoms with Crippen molar-refractivity contribution in [2.24, 2.45) is 11.8 Å². The highest BCUT2D eigenvalue weighted by Gasteiger charge is 2.43. The van der Waals surface area contributed by atoms with Crippen LogP contribution < -0.4 is 10.2 Å². The number of anilines is 2. The van der Waals surface area contributed by atoms with Gasteiger partial charge in [-0.05, 0) is 0 Å².